The first-order valence-corrected chi connectivity index (χ1v) is 5.87. The highest BCUT2D eigenvalue weighted by Gasteiger charge is 2.20. The zero-order valence-corrected chi connectivity index (χ0v) is 10.4. The van der Waals surface area contributed by atoms with E-state index in [0.717, 1.165) is 0 Å². The van der Waals surface area contributed by atoms with Gasteiger partial charge < -0.3 is 14.7 Å². The van der Waals surface area contributed by atoms with E-state index in [-0.39, 0.29) is 23.1 Å². The number of hydrogen-bond acceptors (Lipinski definition) is 6. The molecule has 1 atom stereocenters. The van der Waals surface area contributed by atoms with Crippen LogP contribution in [0.25, 0.3) is 0 Å². The van der Waals surface area contributed by atoms with Gasteiger partial charge in [-0.2, -0.15) is 0 Å². The van der Waals surface area contributed by atoms with Crippen LogP contribution in [0.5, 0.6) is 0 Å². The van der Waals surface area contributed by atoms with Crippen LogP contribution in [0.1, 0.15) is 12.0 Å². The van der Waals surface area contributed by atoms with E-state index in [4.69, 9.17) is 14.7 Å². The molecule has 20 heavy (non-hydrogen) atoms. The summed E-state index contributed by atoms with van der Waals surface area (Å²) in [7, 11) is 0. The molecule has 1 aliphatic rings. The molecule has 0 unspecified atom stereocenters. The molecule has 0 bridgehead atoms. The molecule has 1 aromatic rings. The van der Waals surface area contributed by atoms with Gasteiger partial charge in [-0.1, -0.05) is 5.16 Å². The largest absolute Gasteiger partial charge is 0.476 e. The first-order valence-electron chi connectivity index (χ1n) is 5.87. The minimum atomic E-state index is -1.27. The maximum Gasteiger partial charge on any atom is 0.358 e. The van der Waals surface area contributed by atoms with Gasteiger partial charge in [-0.15, -0.1) is 0 Å². The lowest BCUT2D eigenvalue weighted by Crippen LogP contribution is -2.17. The van der Waals surface area contributed by atoms with Crippen LogP contribution in [0.2, 0.25) is 0 Å². The summed E-state index contributed by atoms with van der Waals surface area (Å²) >= 11 is 0. The van der Waals surface area contributed by atoms with E-state index in [1.807, 2.05) is 0 Å². The molecule has 0 amide bonds. The minimum Gasteiger partial charge on any atom is -0.476 e. The average Bonchev–Trinajstić information content (AvgIpc) is 2.92. The van der Waals surface area contributed by atoms with Crippen molar-refractivity contribution in [2.75, 3.05) is 13.2 Å². The van der Waals surface area contributed by atoms with Crippen LogP contribution >= 0.6 is 0 Å². The first-order chi connectivity index (χ1) is 9.58. The molecule has 1 aliphatic heterocycles. The number of carbonyl (C=O) groups is 1. The van der Waals surface area contributed by atoms with Gasteiger partial charge in [0, 0.05) is 24.1 Å². The van der Waals surface area contributed by atoms with Gasteiger partial charge in [0.15, 0.2) is 11.8 Å². The van der Waals surface area contributed by atoms with Crippen LogP contribution in [0.15, 0.2) is 29.4 Å². The molecular weight excluding hydrogens is 268 g/mol. The predicted molar refractivity (Wildman–Crippen MR) is 67.6 cm³/mol. The zero-order valence-electron chi connectivity index (χ0n) is 10.4. The fourth-order valence-corrected chi connectivity index (χ4v) is 1.68. The second-order valence-electron chi connectivity index (χ2n) is 4.14. The molecule has 1 N–H and O–H groups in total. The smallest absolute Gasteiger partial charge is 0.358 e. The van der Waals surface area contributed by atoms with Crippen LogP contribution in [-0.4, -0.2) is 41.0 Å². The number of rotatable bonds is 5. The number of hydrogen-bond donors (Lipinski definition) is 1. The Morgan fingerprint density at radius 3 is 2.65 bits per heavy atom. The maximum absolute atomic E-state index is 11.1. The zero-order chi connectivity index (χ0) is 14.5. The van der Waals surface area contributed by atoms with Crippen molar-refractivity contribution >= 4 is 17.4 Å². The van der Waals surface area contributed by atoms with E-state index in [9.17, 15) is 14.9 Å². The number of carboxylic acids is 1. The highest BCUT2D eigenvalue weighted by molar-refractivity contribution is 6.42. The van der Waals surface area contributed by atoms with Gasteiger partial charge in [-0.25, -0.2) is 4.79 Å². The molecule has 1 fully saturated rings. The third kappa shape index (κ3) is 3.29. The lowest BCUT2D eigenvalue weighted by atomic mass is 10.1. The predicted octanol–water partition coefficient (Wildman–Crippen LogP) is 1.19. The molecule has 1 heterocycles. The van der Waals surface area contributed by atoms with E-state index < -0.39 is 10.9 Å². The third-order valence-electron chi connectivity index (χ3n) is 2.74. The van der Waals surface area contributed by atoms with E-state index in [2.05, 4.69) is 5.16 Å². The summed E-state index contributed by atoms with van der Waals surface area (Å²) in [5, 5.41) is 23.3. The SMILES string of the molecule is O=C(O)C(=NO[C@@H]1CCOC1)c1ccc([N+](=O)[O-])cc1. The Hall–Kier alpha value is -2.48. The molecule has 8 nitrogen and oxygen atoms in total. The first kappa shape index (κ1) is 13.9. The van der Waals surface area contributed by atoms with E-state index in [1.165, 1.54) is 24.3 Å². The van der Waals surface area contributed by atoms with Crippen molar-refractivity contribution in [2.24, 2.45) is 5.16 Å². The van der Waals surface area contributed by atoms with Gasteiger partial charge in [-0.05, 0) is 12.1 Å². The van der Waals surface area contributed by atoms with Gasteiger partial charge in [0.05, 0.1) is 18.1 Å². The van der Waals surface area contributed by atoms with E-state index >= 15 is 0 Å². The molecule has 2 rings (SSSR count). The molecule has 8 heteroatoms. The summed E-state index contributed by atoms with van der Waals surface area (Å²) in [5.41, 5.74) is -0.183. The summed E-state index contributed by atoms with van der Waals surface area (Å²) < 4.78 is 5.08. The van der Waals surface area contributed by atoms with Crippen molar-refractivity contribution < 1.29 is 24.4 Å². The number of oxime groups is 1. The van der Waals surface area contributed by atoms with E-state index in [0.29, 0.717) is 19.6 Å². The van der Waals surface area contributed by atoms with Crippen molar-refractivity contribution in [2.45, 2.75) is 12.5 Å². The fourth-order valence-electron chi connectivity index (χ4n) is 1.68. The van der Waals surface area contributed by atoms with Gasteiger partial charge >= 0.3 is 5.97 Å². The number of nitro groups is 1. The van der Waals surface area contributed by atoms with Crippen LogP contribution < -0.4 is 0 Å². The molecule has 106 valence electrons. The second-order valence-corrected chi connectivity index (χ2v) is 4.14. The monoisotopic (exact) mass is 280 g/mol. The summed E-state index contributed by atoms with van der Waals surface area (Å²) in [5.74, 6) is -1.27. The average molecular weight is 280 g/mol. The highest BCUT2D eigenvalue weighted by atomic mass is 16.7. The number of ether oxygens (including phenoxy) is 1. The van der Waals surface area contributed by atoms with Gasteiger partial charge in [0.25, 0.3) is 5.69 Å². The number of benzene rings is 1. The topological polar surface area (TPSA) is 111 Å². The molecule has 0 radical (unpaired) electrons. The standard InChI is InChI=1S/C12H12N2O6/c15-12(16)11(13-20-10-5-6-19-7-10)8-1-3-9(4-2-8)14(17)18/h1-4,10H,5-7H2,(H,15,16)/t10-/m1/s1. The van der Waals surface area contributed by atoms with Crippen LogP contribution in [0, 0.1) is 10.1 Å². The van der Waals surface area contributed by atoms with Crippen molar-refractivity contribution in [1.29, 1.82) is 0 Å². The Kier molecular flexibility index (Phi) is 4.26. The second kappa shape index (κ2) is 6.11. The lowest BCUT2D eigenvalue weighted by Gasteiger charge is -2.07. The minimum absolute atomic E-state index is 0.122. The number of aliphatic carboxylic acids is 1. The molecule has 1 aromatic carbocycles. The van der Waals surface area contributed by atoms with E-state index in [1.54, 1.807) is 0 Å². The number of carboxylic acid groups (broad SMARTS) is 1. The molecule has 0 saturated carbocycles. The lowest BCUT2D eigenvalue weighted by molar-refractivity contribution is -0.384. The Labute approximate surface area is 113 Å². The van der Waals surface area contributed by atoms with Crippen molar-refractivity contribution in [3.63, 3.8) is 0 Å². The van der Waals surface area contributed by atoms with Crippen LogP contribution in [0.4, 0.5) is 5.69 Å². The number of nitrogens with zero attached hydrogens (tertiary/aromatic N) is 2. The van der Waals surface area contributed by atoms with Crippen molar-refractivity contribution in [3.05, 3.63) is 39.9 Å². The van der Waals surface area contributed by atoms with Crippen LogP contribution in [-0.2, 0) is 14.4 Å². The van der Waals surface area contributed by atoms with Gasteiger partial charge in [-0.3, -0.25) is 10.1 Å². The Balaban J connectivity index is 2.16. The summed E-state index contributed by atoms with van der Waals surface area (Å²) in [6, 6.07) is 5.07. The molecule has 1 saturated heterocycles. The normalized spacial score (nSPS) is 18.8. The van der Waals surface area contributed by atoms with Gasteiger partial charge in [0.1, 0.15) is 0 Å². The van der Waals surface area contributed by atoms with Crippen molar-refractivity contribution in [3.8, 4) is 0 Å². The third-order valence-corrected chi connectivity index (χ3v) is 2.74. The maximum atomic E-state index is 11.1. The Bertz CT molecular complexity index is 533. The quantitative estimate of drug-likeness (QED) is 0.492. The number of non-ortho nitro benzene ring substituents is 1. The summed E-state index contributed by atoms with van der Waals surface area (Å²) in [4.78, 5) is 26.2. The molecule has 0 spiro atoms. The van der Waals surface area contributed by atoms with Crippen LogP contribution in [0.3, 0.4) is 0 Å². The molecule has 0 aliphatic carbocycles. The molecule has 0 aromatic heterocycles. The highest BCUT2D eigenvalue weighted by Crippen LogP contribution is 2.14. The van der Waals surface area contributed by atoms with Gasteiger partial charge in [0.2, 0.25) is 0 Å². The Morgan fingerprint density at radius 1 is 1.45 bits per heavy atom. The fraction of sp³-hybridized carbons (Fsp3) is 0.333. The summed E-state index contributed by atoms with van der Waals surface area (Å²) in [6.45, 7) is 0.927. The Morgan fingerprint density at radius 2 is 2.15 bits per heavy atom. The summed E-state index contributed by atoms with van der Waals surface area (Å²) in [6.07, 6.45) is 0.388. The van der Waals surface area contributed by atoms with Crippen molar-refractivity contribution in [1.82, 2.24) is 0 Å². The molecular formula is C12H12N2O6. The number of nitro benzene ring substituents is 1.